The number of aryl methyl sites for hydroxylation is 1. The van der Waals surface area contributed by atoms with E-state index in [1.165, 1.54) is 0 Å². The van der Waals surface area contributed by atoms with Crippen LogP contribution >= 0.6 is 0 Å². The van der Waals surface area contributed by atoms with Gasteiger partial charge in [-0.3, -0.25) is 4.68 Å². The Labute approximate surface area is 92.8 Å². The molecular weight excluding hydrogens is 206 g/mol. The minimum absolute atomic E-state index is 0.242. The minimum Gasteiger partial charge on any atom is -0.409 e. The molecule has 0 saturated heterocycles. The van der Waals surface area contributed by atoms with Gasteiger partial charge >= 0.3 is 0 Å². The van der Waals surface area contributed by atoms with Crippen LogP contribution in [0.4, 0.5) is 0 Å². The molecular formula is C10H21N3OSi. The molecule has 1 aromatic rings. The van der Waals surface area contributed by atoms with Gasteiger partial charge < -0.3 is 4.43 Å². The Balaban J connectivity index is 2.61. The van der Waals surface area contributed by atoms with E-state index in [1.54, 1.807) is 11.0 Å². The van der Waals surface area contributed by atoms with Crippen molar-refractivity contribution in [1.29, 1.82) is 0 Å². The zero-order chi connectivity index (χ0) is 11.7. The molecule has 0 aromatic carbocycles. The van der Waals surface area contributed by atoms with Crippen LogP contribution in [0.2, 0.25) is 18.1 Å². The van der Waals surface area contributed by atoms with Crippen molar-refractivity contribution in [3.63, 3.8) is 0 Å². The maximum Gasteiger partial charge on any atom is 0.192 e. The molecule has 0 unspecified atom stereocenters. The molecule has 1 aromatic heterocycles. The highest BCUT2D eigenvalue weighted by Gasteiger charge is 2.37. The number of hydrogen-bond donors (Lipinski definition) is 0. The molecule has 1 rings (SSSR count). The summed E-state index contributed by atoms with van der Waals surface area (Å²) in [6.07, 6.45) is 1.56. The summed E-state index contributed by atoms with van der Waals surface area (Å²) in [5.41, 5.74) is 0. The molecule has 0 spiro atoms. The molecule has 0 aliphatic carbocycles. The highest BCUT2D eigenvalue weighted by atomic mass is 28.4. The standard InChI is InChI=1S/C10H21N3OSi/c1-10(2,3)15(5,6)14-7-9-11-8-12-13(9)4/h8H,7H2,1-6H3. The fraction of sp³-hybridized carbons (Fsp3) is 0.800. The van der Waals surface area contributed by atoms with Gasteiger partial charge in [-0.05, 0) is 18.1 Å². The monoisotopic (exact) mass is 227 g/mol. The second-order valence-electron chi connectivity index (χ2n) is 5.35. The van der Waals surface area contributed by atoms with E-state index in [9.17, 15) is 0 Å². The highest BCUT2D eigenvalue weighted by molar-refractivity contribution is 6.74. The molecule has 5 heteroatoms. The van der Waals surface area contributed by atoms with Gasteiger partial charge in [0.25, 0.3) is 0 Å². The summed E-state index contributed by atoms with van der Waals surface area (Å²) in [7, 11) is 0.221. The number of hydrogen-bond acceptors (Lipinski definition) is 3. The van der Waals surface area contributed by atoms with E-state index in [0.29, 0.717) is 6.61 Å². The van der Waals surface area contributed by atoms with Crippen molar-refractivity contribution in [2.45, 2.75) is 45.5 Å². The summed E-state index contributed by atoms with van der Waals surface area (Å²) in [6, 6.07) is 0. The van der Waals surface area contributed by atoms with Crippen LogP contribution < -0.4 is 0 Å². The quantitative estimate of drug-likeness (QED) is 0.744. The van der Waals surface area contributed by atoms with E-state index < -0.39 is 8.32 Å². The molecule has 0 aliphatic heterocycles. The van der Waals surface area contributed by atoms with Crippen molar-refractivity contribution in [3.8, 4) is 0 Å². The third-order valence-electron chi connectivity index (χ3n) is 3.17. The van der Waals surface area contributed by atoms with E-state index in [0.717, 1.165) is 5.82 Å². The molecule has 0 amide bonds. The summed E-state index contributed by atoms with van der Waals surface area (Å²) in [6.45, 7) is 11.7. The molecule has 0 atom stereocenters. The third kappa shape index (κ3) is 2.88. The SMILES string of the molecule is Cn1ncnc1CO[Si](C)(C)C(C)(C)C. The van der Waals surface area contributed by atoms with E-state index in [2.05, 4.69) is 43.9 Å². The predicted molar refractivity (Wildman–Crippen MR) is 63.0 cm³/mol. The van der Waals surface area contributed by atoms with Gasteiger partial charge in [-0.15, -0.1) is 0 Å². The molecule has 0 aliphatic rings. The zero-order valence-corrected chi connectivity index (χ0v) is 11.5. The molecule has 0 bridgehead atoms. The molecule has 15 heavy (non-hydrogen) atoms. The van der Waals surface area contributed by atoms with Crippen molar-refractivity contribution in [3.05, 3.63) is 12.2 Å². The summed E-state index contributed by atoms with van der Waals surface area (Å²) in [5, 5.41) is 4.26. The van der Waals surface area contributed by atoms with Gasteiger partial charge in [-0.25, -0.2) is 4.98 Å². The van der Waals surface area contributed by atoms with E-state index >= 15 is 0 Å². The van der Waals surface area contributed by atoms with Gasteiger partial charge in [0, 0.05) is 7.05 Å². The number of aromatic nitrogens is 3. The molecule has 4 nitrogen and oxygen atoms in total. The lowest BCUT2D eigenvalue weighted by atomic mass is 10.2. The van der Waals surface area contributed by atoms with Crippen LogP contribution in [0.3, 0.4) is 0 Å². The average Bonchev–Trinajstić information content (AvgIpc) is 2.46. The van der Waals surface area contributed by atoms with Gasteiger partial charge in [-0.1, -0.05) is 20.8 Å². The van der Waals surface area contributed by atoms with Crippen molar-refractivity contribution < 1.29 is 4.43 Å². The van der Waals surface area contributed by atoms with Crippen LogP contribution in [-0.4, -0.2) is 23.1 Å². The maximum atomic E-state index is 6.03. The second-order valence-corrected chi connectivity index (χ2v) is 10.2. The van der Waals surface area contributed by atoms with Crippen molar-refractivity contribution in [1.82, 2.24) is 14.8 Å². The first kappa shape index (κ1) is 12.4. The van der Waals surface area contributed by atoms with E-state index in [1.807, 2.05) is 7.05 Å². The molecule has 0 N–H and O–H groups in total. The molecule has 0 saturated carbocycles. The highest BCUT2D eigenvalue weighted by Crippen LogP contribution is 2.36. The average molecular weight is 227 g/mol. The van der Waals surface area contributed by atoms with Crippen LogP contribution in [0.1, 0.15) is 26.6 Å². The van der Waals surface area contributed by atoms with Gasteiger partial charge in [0.15, 0.2) is 14.1 Å². The maximum absolute atomic E-state index is 6.03. The summed E-state index contributed by atoms with van der Waals surface area (Å²) in [4.78, 5) is 4.15. The number of rotatable bonds is 3. The lowest BCUT2D eigenvalue weighted by Gasteiger charge is -2.35. The lowest BCUT2D eigenvalue weighted by Crippen LogP contribution is -2.40. The smallest absolute Gasteiger partial charge is 0.192 e. The molecule has 1 heterocycles. The van der Waals surface area contributed by atoms with Crippen LogP contribution in [0.25, 0.3) is 0 Å². The summed E-state index contributed by atoms with van der Waals surface area (Å²) in [5.74, 6) is 0.889. The number of nitrogens with zero attached hydrogens (tertiary/aromatic N) is 3. The fourth-order valence-electron chi connectivity index (χ4n) is 0.912. The molecule has 86 valence electrons. The van der Waals surface area contributed by atoms with Crippen molar-refractivity contribution in [2.24, 2.45) is 7.05 Å². The third-order valence-corrected chi connectivity index (χ3v) is 7.65. The van der Waals surface area contributed by atoms with Crippen molar-refractivity contribution >= 4 is 8.32 Å². The minimum atomic E-state index is -1.67. The zero-order valence-electron chi connectivity index (χ0n) is 10.5. The lowest BCUT2D eigenvalue weighted by molar-refractivity contribution is 0.262. The Bertz CT molecular complexity index is 328. The first-order chi connectivity index (χ1) is 6.74. The van der Waals surface area contributed by atoms with Crippen LogP contribution in [0, 0.1) is 0 Å². The first-order valence-corrected chi connectivity index (χ1v) is 8.12. The van der Waals surface area contributed by atoms with Gasteiger partial charge in [0.1, 0.15) is 6.33 Å². The first-order valence-electron chi connectivity index (χ1n) is 5.21. The van der Waals surface area contributed by atoms with E-state index in [4.69, 9.17) is 4.43 Å². The largest absolute Gasteiger partial charge is 0.409 e. The molecule has 0 fully saturated rings. The van der Waals surface area contributed by atoms with Gasteiger partial charge in [-0.2, -0.15) is 5.10 Å². The second kappa shape index (κ2) is 4.06. The van der Waals surface area contributed by atoms with Crippen LogP contribution in [0.5, 0.6) is 0 Å². The fourth-order valence-corrected chi connectivity index (χ4v) is 1.84. The van der Waals surface area contributed by atoms with Crippen LogP contribution in [0.15, 0.2) is 6.33 Å². The Morgan fingerprint density at radius 3 is 2.40 bits per heavy atom. The molecule has 0 radical (unpaired) electrons. The Hall–Kier alpha value is -0.683. The summed E-state index contributed by atoms with van der Waals surface area (Å²) >= 11 is 0. The Morgan fingerprint density at radius 2 is 2.00 bits per heavy atom. The normalized spacial score (nSPS) is 13.2. The van der Waals surface area contributed by atoms with Gasteiger partial charge in [0.2, 0.25) is 0 Å². The van der Waals surface area contributed by atoms with Crippen LogP contribution in [-0.2, 0) is 18.1 Å². The predicted octanol–water partition coefficient (Wildman–Crippen LogP) is 2.34. The van der Waals surface area contributed by atoms with Crippen molar-refractivity contribution in [2.75, 3.05) is 0 Å². The van der Waals surface area contributed by atoms with Gasteiger partial charge in [0.05, 0.1) is 6.61 Å². The Morgan fingerprint density at radius 1 is 1.40 bits per heavy atom. The summed E-state index contributed by atoms with van der Waals surface area (Å²) < 4.78 is 7.79. The topological polar surface area (TPSA) is 39.9 Å². The van der Waals surface area contributed by atoms with E-state index in [-0.39, 0.29) is 5.04 Å². The Kier molecular flexibility index (Phi) is 3.35.